The van der Waals surface area contributed by atoms with Gasteiger partial charge < -0.3 is 8.98 Å². The molecule has 0 aliphatic rings. The fourth-order valence-corrected chi connectivity index (χ4v) is 3.78. The summed E-state index contributed by atoms with van der Waals surface area (Å²) in [6.45, 7) is 4.04. The predicted molar refractivity (Wildman–Crippen MR) is 110 cm³/mol. The monoisotopic (exact) mass is 411 g/mol. The molecule has 0 aliphatic carbocycles. The lowest BCUT2D eigenvalue weighted by Gasteiger charge is -2.07. The molecule has 4 aromatic rings. The highest BCUT2D eigenvalue weighted by atomic mass is 35.5. The van der Waals surface area contributed by atoms with Crippen LogP contribution < -0.4 is 0 Å². The Morgan fingerprint density at radius 3 is 2.50 bits per heavy atom. The van der Waals surface area contributed by atoms with Crippen molar-refractivity contribution in [1.82, 2.24) is 25.0 Å². The van der Waals surface area contributed by atoms with E-state index in [1.54, 1.807) is 0 Å². The zero-order valence-electron chi connectivity index (χ0n) is 15.6. The van der Waals surface area contributed by atoms with Crippen LogP contribution in [-0.2, 0) is 7.05 Å². The highest BCUT2D eigenvalue weighted by molar-refractivity contribution is 7.99. The van der Waals surface area contributed by atoms with Gasteiger partial charge in [-0.15, -0.1) is 20.4 Å². The third-order valence-corrected chi connectivity index (χ3v) is 5.77. The first-order chi connectivity index (χ1) is 13.5. The Labute approximate surface area is 172 Å². The summed E-state index contributed by atoms with van der Waals surface area (Å²) in [4.78, 5) is 0. The standard InChI is InChI=1S/C20H18ClN5OS/c1-12-8-10-14(11-9-12)19-24-23-18(27-19)13(2)28-20-25-22-17(26(20)3)15-6-4-5-7-16(15)21/h4-11,13H,1-3H3/t13-/m1/s1. The number of aromatic nitrogens is 5. The van der Waals surface area contributed by atoms with E-state index >= 15 is 0 Å². The smallest absolute Gasteiger partial charge is 0.247 e. The van der Waals surface area contributed by atoms with E-state index in [2.05, 4.69) is 20.4 Å². The molecular weight excluding hydrogens is 394 g/mol. The molecule has 2 aromatic heterocycles. The van der Waals surface area contributed by atoms with Crippen molar-refractivity contribution in [3.63, 3.8) is 0 Å². The fraction of sp³-hybridized carbons (Fsp3) is 0.200. The van der Waals surface area contributed by atoms with Crippen molar-refractivity contribution >= 4 is 23.4 Å². The zero-order chi connectivity index (χ0) is 19.7. The van der Waals surface area contributed by atoms with Crippen molar-refractivity contribution in [1.29, 1.82) is 0 Å². The molecule has 0 aliphatic heterocycles. The maximum atomic E-state index is 6.29. The van der Waals surface area contributed by atoms with Crippen LogP contribution in [0.2, 0.25) is 5.02 Å². The van der Waals surface area contributed by atoms with Crippen molar-refractivity contribution < 1.29 is 4.42 Å². The Bertz CT molecular complexity index is 1110. The van der Waals surface area contributed by atoms with Gasteiger partial charge >= 0.3 is 0 Å². The van der Waals surface area contributed by atoms with Gasteiger partial charge in [0, 0.05) is 18.2 Å². The van der Waals surface area contributed by atoms with E-state index in [1.807, 2.05) is 74.0 Å². The highest BCUT2D eigenvalue weighted by Gasteiger charge is 2.21. The Morgan fingerprint density at radius 1 is 1.00 bits per heavy atom. The van der Waals surface area contributed by atoms with Crippen LogP contribution in [-0.4, -0.2) is 25.0 Å². The number of aryl methyl sites for hydroxylation is 1. The molecule has 2 aromatic carbocycles. The van der Waals surface area contributed by atoms with Gasteiger partial charge in [0.25, 0.3) is 0 Å². The van der Waals surface area contributed by atoms with Crippen LogP contribution in [0.25, 0.3) is 22.8 Å². The van der Waals surface area contributed by atoms with E-state index in [-0.39, 0.29) is 5.25 Å². The minimum atomic E-state index is -0.0753. The number of hydrogen-bond acceptors (Lipinski definition) is 6. The first kappa shape index (κ1) is 18.7. The molecule has 0 spiro atoms. The summed E-state index contributed by atoms with van der Waals surface area (Å²) in [6.07, 6.45) is 0. The van der Waals surface area contributed by atoms with E-state index in [1.165, 1.54) is 17.3 Å². The van der Waals surface area contributed by atoms with E-state index < -0.39 is 0 Å². The Hall–Kier alpha value is -2.64. The largest absolute Gasteiger partial charge is 0.419 e. The summed E-state index contributed by atoms with van der Waals surface area (Å²) in [5, 5.41) is 18.3. The summed E-state index contributed by atoms with van der Waals surface area (Å²) in [5.41, 5.74) is 2.93. The zero-order valence-corrected chi connectivity index (χ0v) is 17.2. The topological polar surface area (TPSA) is 69.6 Å². The lowest BCUT2D eigenvalue weighted by atomic mass is 10.1. The molecule has 0 unspecified atom stereocenters. The number of benzene rings is 2. The Morgan fingerprint density at radius 2 is 1.75 bits per heavy atom. The molecule has 2 heterocycles. The van der Waals surface area contributed by atoms with Crippen LogP contribution in [0.5, 0.6) is 0 Å². The van der Waals surface area contributed by atoms with Crippen molar-refractivity contribution in [3.8, 4) is 22.8 Å². The normalized spacial score (nSPS) is 12.3. The van der Waals surface area contributed by atoms with Gasteiger partial charge in [-0.25, -0.2) is 0 Å². The number of thioether (sulfide) groups is 1. The van der Waals surface area contributed by atoms with E-state index in [4.69, 9.17) is 16.0 Å². The molecule has 0 bridgehead atoms. The van der Waals surface area contributed by atoms with Crippen LogP contribution in [0.4, 0.5) is 0 Å². The quantitative estimate of drug-likeness (QED) is 0.412. The molecule has 1 atom stereocenters. The van der Waals surface area contributed by atoms with Gasteiger partial charge in [-0.1, -0.05) is 53.2 Å². The average Bonchev–Trinajstić information content (AvgIpc) is 3.31. The summed E-state index contributed by atoms with van der Waals surface area (Å²) >= 11 is 7.80. The minimum absolute atomic E-state index is 0.0753. The van der Waals surface area contributed by atoms with Crippen LogP contribution in [0.1, 0.15) is 23.6 Å². The number of nitrogens with zero attached hydrogens (tertiary/aromatic N) is 5. The number of rotatable bonds is 5. The lowest BCUT2D eigenvalue weighted by molar-refractivity contribution is 0.508. The molecule has 0 radical (unpaired) electrons. The van der Waals surface area contributed by atoms with Gasteiger partial charge in [0.05, 0.1) is 10.3 Å². The molecule has 0 N–H and O–H groups in total. The molecule has 0 fully saturated rings. The minimum Gasteiger partial charge on any atom is -0.419 e. The van der Waals surface area contributed by atoms with E-state index in [0.717, 1.165) is 16.3 Å². The average molecular weight is 412 g/mol. The molecule has 4 rings (SSSR count). The fourth-order valence-electron chi connectivity index (χ4n) is 2.71. The number of halogens is 1. The second-order valence-corrected chi connectivity index (χ2v) is 8.13. The van der Waals surface area contributed by atoms with Gasteiger partial charge in [-0.2, -0.15) is 0 Å². The van der Waals surface area contributed by atoms with Gasteiger partial charge in [0.15, 0.2) is 11.0 Å². The van der Waals surface area contributed by atoms with Gasteiger partial charge in [0.2, 0.25) is 11.8 Å². The summed E-state index contributed by atoms with van der Waals surface area (Å²) < 4.78 is 7.79. The van der Waals surface area contributed by atoms with Crippen molar-refractivity contribution in [2.75, 3.05) is 0 Å². The molecule has 8 heteroatoms. The van der Waals surface area contributed by atoms with Gasteiger partial charge in [-0.05, 0) is 38.1 Å². The molecule has 28 heavy (non-hydrogen) atoms. The molecule has 0 saturated carbocycles. The second kappa shape index (κ2) is 7.77. The molecule has 142 valence electrons. The van der Waals surface area contributed by atoms with Crippen molar-refractivity contribution in [2.45, 2.75) is 24.3 Å². The second-order valence-electron chi connectivity index (χ2n) is 6.42. The van der Waals surface area contributed by atoms with E-state index in [9.17, 15) is 0 Å². The molecule has 0 amide bonds. The van der Waals surface area contributed by atoms with Crippen LogP contribution in [0.15, 0.2) is 58.1 Å². The number of hydrogen-bond donors (Lipinski definition) is 0. The maximum absolute atomic E-state index is 6.29. The predicted octanol–water partition coefficient (Wildman–Crippen LogP) is 5.35. The first-order valence-corrected chi connectivity index (χ1v) is 10.00. The molecule has 0 saturated heterocycles. The van der Waals surface area contributed by atoms with Gasteiger partial charge in [-0.3, -0.25) is 0 Å². The summed E-state index contributed by atoms with van der Waals surface area (Å²) in [6, 6.07) is 15.6. The summed E-state index contributed by atoms with van der Waals surface area (Å²) in [7, 11) is 1.92. The Kier molecular flexibility index (Phi) is 5.19. The van der Waals surface area contributed by atoms with Crippen LogP contribution >= 0.6 is 23.4 Å². The lowest BCUT2D eigenvalue weighted by Crippen LogP contribution is -1.97. The molecule has 6 nitrogen and oxygen atoms in total. The Balaban J connectivity index is 1.54. The third-order valence-electron chi connectivity index (χ3n) is 4.32. The maximum Gasteiger partial charge on any atom is 0.247 e. The SMILES string of the molecule is Cc1ccc(-c2nnc([C@@H](C)Sc3nnc(-c4ccccc4Cl)n3C)o2)cc1. The summed E-state index contributed by atoms with van der Waals surface area (Å²) in [5.74, 6) is 1.77. The first-order valence-electron chi connectivity index (χ1n) is 8.74. The third kappa shape index (κ3) is 3.68. The van der Waals surface area contributed by atoms with Crippen LogP contribution in [0, 0.1) is 6.92 Å². The van der Waals surface area contributed by atoms with E-state index in [0.29, 0.717) is 22.6 Å². The highest BCUT2D eigenvalue weighted by Crippen LogP contribution is 2.36. The van der Waals surface area contributed by atoms with Gasteiger partial charge in [0.1, 0.15) is 0 Å². The van der Waals surface area contributed by atoms with Crippen LogP contribution in [0.3, 0.4) is 0 Å². The van der Waals surface area contributed by atoms with Crippen molar-refractivity contribution in [3.05, 3.63) is 65.0 Å². The molecular formula is C20H18ClN5OS. The van der Waals surface area contributed by atoms with Crippen molar-refractivity contribution in [2.24, 2.45) is 7.05 Å².